The van der Waals surface area contributed by atoms with Crippen molar-refractivity contribution in [2.75, 3.05) is 18.5 Å². The number of nitrogens with zero attached hydrogens (tertiary/aromatic N) is 3. The van der Waals surface area contributed by atoms with E-state index in [4.69, 9.17) is 9.94 Å². The molecule has 2 N–H and O–H groups in total. The third kappa shape index (κ3) is 2.00. The number of nitrogens with one attached hydrogen (secondary N) is 1. The smallest absolute Gasteiger partial charge is 0.410 e. The normalized spacial score (nSPS) is 20.0. The Morgan fingerprint density at radius 2 is 2.50 bits per heavy atom. The van der Waals surface area contributed by atoms with Crippen LogP contribution in [0, 0.1) is 0 Å². The molecule has 3 rings (SSSR count). The molecule has 20 heavy (non-hydrogen) atoms. The molecule has 3 amide bonds. The van der Waals surface area contributed by atoms with E-state index in [9.17, 15) is 9.59 Å². The summed E-state index contributed by atoms with van der Waals surface area (Å²) in [6.45, 7) is 4.69. The molecule has 9 heteroatoms. The molecule has 1 atom stereocenters. The van der Waals surface area contributed by atoms with E-state index in [0.717, 1.165) is 4.88 Å². The zero-order chi connectivity index (χ0) is 14.3. The first kappa shape index (κ1) is 12.9. The van der Waals surface area contributed by atoms with Crippen molar-refractivity contribution in [1.29, 1.82) is 0 Å². The van der Waals surface area contributed by atoms with Gasteiger partial charge in [-0.3, -0.25) is 10.2 Å². The average molecular weight is 296 g/mol. The van der Waals surface area contributed by atoms with Crippen LogP contribution in [0.2, 0.25) is 0 Å². The van der Waals surface area contributed by atoms with E-state index in [1.807, 2.05) is 0 Å². The molecule has 1 saturated heterocycles. The first-order chi connectivity index (χ1) is 9.60. The van der Waals surface area contributed by atoms with E-state index in [1.165, 1.54) is 16.4 Å². The van der Waals surface area contributed by atoms with Crippen molar-refractivity contribution in [1.82, 2.24) is 14.9 Å². The highest BCUT2D eigenvalue weighted by atomic mass is 32.1. The highest BCUT2D eigenvalue weighted by Crippen LogP contribution is 2.42. The largest absolute Gasteiger partial charge is 0.465 e. The van der Waals surface area contributed by atoms with E-state index in [1.54, 1.807) is 11.0 Å². The highest BCUT2D eigenvalue weighted by Gasteiger charge is 2.45. The van der Waals surface area contributed by atoms with Crippen molar-refractivity contribution < 1.29 is 19.5 Å². The number of hydroxylamine groups is 2. The number of anilines is 1. The Kier molecular flexibility index (Phi) is 3.07. The number of hydrogen-bond acceptors (Lipinski definition) is 5. The van der Waals surface area contributed by atoms with Gasteiger partial charge in [0.25, 0.3) is 0 Å². The van der Waals surface area contributed by atoms with Gasteiger partial charge in [-0.15, -0.1) is 6.58 Å². The van der Waals surface area contributed by atoms with Crippen LogP contribution in [0.1, 0.15) is 16.6 Å². The van der Waals surface area contributed by atoms with Crippen molar-refractivity contribution in [3.63, 3.8) is 0 Å². The maximum absolute atomic E-state index is 12.1. The van der Waals surface area contributed by atoms with Gasteiger partial charge in [0.2, 0.25) is 0 Å². The quantitative estimate of drug-likeness (QED) is 0.824. The van der Waals surface area contributed by atoms with Gasteiger partial charge in [-0.2, -0.15) is 5.06 Å². The van der Waals surface area contributed by atoms with Crippen molar-refractivity contribution >= 4 is 28.6 Å². The predicted molar refractivity (Wildman–Crippen MR) is 70.3 cm³/mol. The number of hydrogen-bond donors (Lipinski definition) is 2. The number of carbonyl (C=O) groups is 2. The third-order valence-corrected chi connectivity index (χ3v) is 4.17. The lowest BCUT2D eigenvalue weighted by Crippen LogP contribution is -2.30. The van der Waals surface area contributed by atoms with Crippen LogP contribution in [0.5, 0.6) is 0 Å². The minimum Gasteiger partial charge on any atom is -0.465 e. The second-order valence-electron chi connectivity index (χ2n) is 4.35. The Morgan fingerprint density at radius 3 is 3.20 bits per heavy atom. The summed E-state index contributed by atoms with van der Waals surface area (Å²) in [5.41, 5.74) is 0.716. The molecule has 1 fully saturated rings. The average Bonchev–Trinajstić information content (AvgIpc) is 2.89. The lowest BCUT2D eigenvalue weighted by molar-refractivity contribution is -0.118. The zero-order valence-corrected chi connectivity index (χ0v) is 11.2. The number of carboxylic acid groups (broad SMARTS) is 1. The number of rotatable bonds is 4. The van der Waals surface area contributed by atoms with Gasteiger partial charge < -0.3 is 10.0 Å². The van der Waals surface area contributed by atoms with E-state index in [2.05, 4.69) is 16.9 Å². The Hall–Kier alpha value is -2.13. The summed E-state index contributed by atoms with van der Waals surface area (Å²) in [7, 11) is 0. The predicted octanol–water partition coefficient (Wildman–Crippen LogP) is 1.64. The fourth-order valence-corrected chi connectivity index (χ4v) is 3.33. The molecule has 0 aliphatic carbocycles. The topological polar surface area (TPSA) is 95.0 Å². The summed E-state index contributed by atoms with van der Waals surface area (Å²) in [5, 5.41) is 12.6. The van der Waals surface area contributed by atoms with E-state index < -0.39 is 6.09 Å². The molecule has 106 valence electrons. The summed E-state index contributed by atoms with van der Waals surface area (Å²) in [4.78, 5) is 34.8. The molecule has 8 nitrogen and oxygen atoms in total. The van der Waals surface area contributed by atoms with Crippen LogP contribution in [-0.2, 0) is 11.4 Å². The number of amides is 3. The molecule has 0 radical (unpaired) electrons. The van der Waals surface area contributed by atoms with Crippen LogP contribution >= 0.6 is 11.3 Å². The maximum Gasteiger partial charge on any atom is 0.410 e. The second-order valence-corrected chi connectivity index (χ2v) is 5.38. The Morgan fingerprint density at radius 1 is 1.70 bits per heavy atom. The van der Waals surface area contributed by atoms with Crippen LogP contribution in [0.3, 0.4) is 0 Å². The van der Waals surface area contributed by atoms with Gasteiger partial charge >= 0.3 is 12.1 Å². The molecule has 0 aromatic carbocycles. The molecule has 2 bridgehead atoms. The number of urea groups is 1. The van der Waals surface area contributed by atoms with Gasteiger partial charge in [-0.05, 0) is 0 Å². The Labute approximate surface area is 118 Å². The van der Waals surface area contributed by atoms with Crippen LogP contribution in [-0.4, -0.2) is 45.3 Å². The van der Waals surface area contributed by atoms with Crippen molar-refractivity contribution in [3.8, 4) is 0 Å². The number of fused-ring (bicyclic) bond motifs is 4. The minimum absolute atomic E-state index is 0.199. The minimum atomic E-state index is -1.16. The van der Waals surface area contributed by atoms with Crippen LogP contribution in [0.15, 0.2) is 12.7 Å². The van der Waals surface area contributed by atoms with Crippen LogP contribution < -0.4 is 5.32 Å². The van der Waals surface area contributed by atoms with Crippen LogP contribution in [0.25, 0.3) is 0 Å². The maximum atomic E-state index is 12.1. The third-order valence-electron chi connectivity index (χ3n) is 3.05. The van der Waals surface area contributed by atoms with E-state index in [0.29, 0.717) is 23.9 Å². The lowest BCUT2D eigenvalue weighted by Gasteiger charge is -2.21. The number of carbonyl (C=O) groups excluding carboxylic acids is 1. The SMILES string of the molecule is C=CCON1C(=O)N2Cc3nc(NC(=O)O)sc3C1C2. The van der Waals surface area contributed by atoms with E-state index >= 15 is 0 Å². The highest BCUT2D eigenvalue weighted by molar-refractivity contribution is 7.16. The Balaban J connectivity index is 1.88. The van der Waals surface area contributed by atoms with Gasteiger partial charge in [-0.1, -0.05) is 17.4 Å². The molecular weight excluding hydrogens is 284 g/mol. The summed E-state index contributed by atoms with van der Waals surface area (Å²) in [6, 6.07) is -0.442. The molecule has 0 saturated carbocycles. The van der Waals surface area contributed by atoms with Gasteiger partial charge in [-0.25, -0.2) is 14.6 Å². The molecule has 2 aliphatic heterocycles. The first-order valence-electron chi connectivity index (χ1n) is 5.91. The fourth-order valence-electron chi connectivity index (χ4n) is 2.30. The molecule has 1 unspecified atom stereocenters. The molecule has 0 spiro atoms. The molecular formula is C11H12N4O4S. The van der Waals surface area contributed by atoms with Gasteiger partial charge in [0.1, 0.15) is 6.04 Å². The zero-order valence-electron chi connectivity index (χ0n) is 10.4. The van der Waals surface area contributed by atoms with Crippen molar-refractivity contribution in [2.24, 2.45) is 0 Å². The molecule has 3 heterocycles. The summed E-state index contributed by atoms with van der Waals surface area (Å²) in [5.74, 6) is 0. The van der Waals surface area contributed by atoms with Gasteiger partial charge in [0.05, 0.1) is 30.3 Å². The number of aromatic nitrogens is 1. The summed E-state index contributed by atoms with van der Waals surface area (Å²) >= 11 is 1.23. The fraction of sp³-hybridized carbons (Fsp3) is 0.364. The molecule has 1 aromatic rings. The molecule has 2 aliphatic rings. The van der Waals surface area contributed by atoms with Crippen LogP contribution in [0.4, 0.5) is 14.7 Å². The summed E-state index contributed by atoms with van der Waals surface area (Å²) in [6.07, 6.45) is 0.410. The number of thiazole rings is 1. The molecule has 1 aromatic heterocycles. The lowest BCUT2D eigenvalue weighted by atomic mass is 10.1. The van der Waals surface area contributed by atoms with Crippen molar-refractivity contribution in [2.45, 2.75) is 12.6 Å². The van der Waals surface area contributed by atoms with E-state index in [-0.39, 0.29) is 18.7 Å². The Bertz CT molecular complexity index is 587. The van der Waals surface area contributed by atoms with Crippen molar-refractivity contribution in [3.05, 3.63) is 23.2 Å². The second kappa shape index (κ2) is 4.76. The van der Waals surface area contributed by atoms with Gasteiger partial charge in [0.15, 0.2) is 5.13 Å². The first-order valence-corrected chi connectivity index (χ1v) is 6.73. The van der Waals surface area contributed by atoms with Gasteiger partial charge in [0, 0.05) is 0 Å². The monoisotopic (exact) mass is 296 g/mol. The summed E-state index contributed by atoms with van der Waals surface area (Å²) < 4.78 is 0. The standard InChI is InChI=1S/C11H12N4O4S/c1-2-3-19-15-7-5-14(11(15)18)4-6-8(7)20-9(12-6)13-10(16)17/h2,7H,1,3-5H2,(H,12,13)(H,16,17).